The molecule has 1 aromatic rings. The van der Waals surface area contributed by atoms with Gasteiger partial charge >= 0.3 is 6.18 Å². The molecule has 0 aliphatic carbocycles. The molecule has 0 radical (unpaired) electrons. The van der Waals surface area contributed by atoms with E-state index < -0.39 is 12.7 Å². The molecule has 1 aromatic carbocycles. The number of phenols is 1. The van der Waals surface area contributed by atoms with E-state index in [1.165, 1.54) is 11.0 Å². The van der Waals surface area contributed by atoms with Gasteiger partial charge in [0.1, 0.15) is 5.75 Å². The average Bonchev–Trinajstić information content (AvgIpc) is 2.20. The van der Waals surface area contributed by atoms with Crippen molar-refractivity contribution in [2.45, 2.75) is 32.6 Å². The van der Waals surface area contributed by atoms with Crippen molar-refractivity contribution in [2.75, 3.05) is 6.54 Å². The second kappa shape index (κ2) is 5.93. The van der Waals surface area contributed by atoms with Gasteiger partial charge in [-0.15, -0.1) is 0 Å². The van der Waals surface area contributed by atoms with E-state index in [2.05, 4.69) is 15.9 Å². The zero-order valence-corrected chi connectivity index (χ0v) is 11.7. The van der Waals surface area contributed by atoms with Crippen LogP contribution in [0.1, 0.15) is 19.4 Å². The monoisotopic (exact) mass is 325 g/mol. The van der Waals surface area contributed by atoms with Crippen LogP contribution in [-0.2, 0) is 6.54 Å². The summed E-state index contributed by atoms with van der Waals surface area (Å²) in [5, 5.41) is 9.64. The van der Waals surface area contributed by atoms with Gasteiger partial charge in [0.05, 0.1) is 6.54 Å². The van der Waals surface area contributed by atoms with Crippen LogP contribution < -0.4 is 0 Å². The molecule has 1 N–H and O–H groups in total. The van der Waals surface area contributed by atoms with Gasteiger partial charge in [-0.1, -0.05) is 15.9 Å². The molecule has 0 spiro atoms. The highest BCUT2D eigenvalue weighted by Crippen LogP contribution is 2.26. The topological polar surface area (TPSA) is 23.5 Å². The van der Waals surface area contributed by atoms with E-state index in [0.29, 0.717) is 5.56 Å². The van der Waals surface area contributed by atoms with Crippen LogP contribution in [0.2, 0.25) is 0 Å². The number of benzene rings is 1. The summed E-state index contributed by atoms with van der Waals surface area (Å²) in [6, 6.07) is 4.47. The highest BCUT2D eigenvalue weighted by molar-refractivity contribution is 9.10. The summed E-state index contributed by atoms with van der Waals surface area (Å²) in [7, 11) is 0. The first kappa shape index (κ1) is 15.3. The Kier molecular flexibility index (Phi) is 5.04. The van der Waals surface area contributed by atoms with Crippen LogP contribution in [-0.4, -0.2) is 28.8 Å². The molecule has 0 amide bonds. The maximum absolute atomic E-state index is 12.4. The Balaban J connectivity index is 2.86. The maximum atomic E-state index is 12.4. The van der Waals surface area contributed by atoms with Crippen molar-refractivity contribution in [3.63, 3.8) is 0 Å². The summed E-state index contributed by atoms with van der Waals surface area (Å²) in [6.45, 7) is 2.46. The van der Waals surface area contributed by atoms with Gasteiger partial charge in [-0.2, -0.15) is 13.2 Å². The fourth-order valence-electron chi connectivity index (χ4n) is 1.55. The number of hydrogen-bond donors (Lipinski definition) is 1. The number of aromatic hydroxyl groups is 1. The van der Waals surface area contributed by atoms with E-state index >= 15 is 0 Å². The van der Waals surface area contributed by atoms with Crippen LogP contribution in [0.5, 0.6) is 5.75 Å². The van der Waals surface area contributed by atoms with E-state index in [9.17, 15) is 18.3 Å². The van der Waals surface area contributed by atoms with Gasteiger partial charge in [0.2, 0.25) is 0 Å². The normalized spacial score (nSPS) is 12.4. The molecule has 0 saturated heterocycles. The Morgan fingerprint density at radius 3 is 2.44 bits per heavy atom. The zero-order chi connectivity index (χ0) is 13.9. The number of phenolic OH excluding ortho intramolecular Hbond substituents is 1. The summed E-state index contributed by atoms with van der Waals surface area (Å²) < 4.78 is 38.0. The number of rotatable bonds is 4. The molecule has 0 aromatic heterocycles. The van der Waals surface area contributed by atoms with E-state index in [1.807, 2.05) is 0 Å². The van der Waals surface area contributed by atoms with E-state index in [4.69, 9.17) is 0 Å². The fourth-order valence-corrected chi connectivity index (χ4v) is 1.96. The zero-order valence-electron chi connectivity index (χ0n) is 10.1. The van der Waals surface area contributed by atoms with E-state index in [-0.39, 0.29) is 18.3 Å². The van der Waals surface area contributed by atoms with Crippen LogP contribution in [0.15, 0.2) is 22.7 Å². The lowest BCUT2D eigenvalue weighted by atomic mass is 10.1. The van der Waals surface area contributed by atoms with Crippen molar-refractivity contribution >= 4 is 15.9 Å². The summed E-state index contributed by atoms with van der Waals surface area (Å²) in [5.74, 6) is 0.00558. The van der Waals surface area contributed by atoms with Gasteiger partial charge in [-0.05, 0) is 32.0 Å². The van der Waals surface area contributed by atoms with Crippen molar-refractivity contribution in [2.24, 2.45) is 0 Å². The Bertz CT molecular complexity index is 407. The molecule has 102 valence electrons. The lowest BCUT2D eigenvalue weighted by Gasteiger charge is -2.27. The summed E-state index contributed by atoms with van der Waals surface area (Å²) >= 11 is 3.23. The van der Waals surface area contributed by atoms with Crippen LogP contribution >= 0.6 is 15.9 Å². The fraction of sp³-hybridized carbons (Fsp3) is 0.500. The minimum atomic E-state index is -4.24. The van der Waals surface area contributed by atoms with Crippen molar-refractivity contribution in [3.8, 4) is 5.75 Å². The van der Waals surface area contributed by atoms with Crippen molar-refractivity contribution in [1.29, 1.82) is 0 Å². The molecule has 0 aliphatic rings. The summed E-state index contributed by atoms with van der Waals surface area (Å²) in [6.07, 6.45) is -4.24. The predicted octanol–water partition coefficient (Wildman–Crippen LogP) is 3.93. The molecule has 0 saturated carbocycles. The minimum absolute atomic E-state index is 0.00558. The van der Waals surface area contributed by atoms with Gasteiger partial charge in [-0.25, -0.2) is 0 Å². The molecule has 0 aliphatic heterocycles. The van der Waals surface area contributed by atoms with Crippen molar-refractivity contribution < 1.29 is 18.3 Å². The van der Waals surface area contributed by atoms with Crippen LogP contribution in [0.4, 0.5) is 13.2 Å². The van der Waals surface area contributed by atoms with E-state index in [1.54, 1.807) is 26.0 Å². The number of nitrogens with zero attached hydrogens (tertiary/aromatic N) is 1. The molecule has 0 unspecified atom stereocenters. The molecule has 18 heavy (non-hydrogen) atoms. The molecular formula is C12H15BrF3NO. The van der Waals surface area contributed by atoms with Gasteiger partial charge < -0.3 is 5.11 Å². The number of hydrogen-bond acceptors (Lipinski definition) is 2. The lowest BCUT2D eigenvalue weighted by Crippen LogP contribution is -2.38. The molecule has 2 nitrogen and oxygen atoms in total. The van der Waals surface area contributed by atoms with E-state index in [0.717, 1.165) is 4.47 Å². The largest absolute Gasteiger partial charge is 0.508 e. The Hall–Kier alpha value is -0.750. The maximum Gasteiger partial charge on any atom is 0.401 e. The predicted molar refractivity (Wildman–Crippen MR) is 67.4 cm³/mol. The molecule has 0 bridgehead atoms. The Morgan fingerprint density at radius 1 is 1.33 bits per heavy atom. The third-order valence-corrected chi connectivity index (χ3v) is 3.02. The third kappa shape index (κ3) is 4.86. The molecule has 1 rings (SSSR count). The average molecular weight is 326 g/mol. The second-order valence-electron chi connectivity index (χ2n) is 4.39. The highest BCUT2D eigenvalue weighted by atomic mass is 79.9. The van der Waals surface area contributed by atoms with Crippen LogP contribution in [0, 0.1) is 0 Å². The molecule has 0 atom stereocenters. The SMILES string of the molecule is CC(C)N(Cc1cc(Br)ccc1O)CC(F)(F)F. The Labute approximate surface area is 113 Å². The number of alkyl halides is 3. The first-order valence-corrected chi connectivity index (χ1v) is 6.26. The van der Waals surface area contributed by atoms with Crippen LogP contribution in [0.3, 0.4) is 0 Å². The smallest absolute Gasteiger partial charge is 0.401 e. The quantitative estimate of drug-likeness (QED) is 0.906. The minimum Gasteiger partial charge on any atom is -0.508 e. The van der Waals surface area contributed by atoms with Gasteiger partial charge in [0.15, 0.2) is 0 Å². The summed E-state index contributed by atoms with van der Waals surface area (Å²) in [5.41, 5.74) is 0.474. The first-order chi connectivity index (χ1) is 8.19. The van der Waals surface area contributed by atoms with Crippen molar-refractivity contribution in [3.05, 3.63) is 28.2 Å². The molecule has 0 heterocycles. The van der Waals surface area contributed by atoms with Gasteiger partial charge in [0, 0.05) is 22.6 Å². The first-order valence-electron chi connectivity index (χ1n) is 5.47. The van der Waals surface area contributed by atoms with Gasteiger partial charge in [-0.3, -0.25) is 4.90 Å². The van der Waals surface area contributed by atoms with Crippen LogP contribution in [0.25, 0.3) is 0 Å². The molecular weight excluding hydrogens is 311 g/mol. The second-order valence-corrected chi connectivity index (χ2v) is 5.30. The lowest BCUT2D eigenvalue weighted by molar-refractivity contribution is -0.150. The van der Waals surface area contributed by atoms with Gasteiger partial charge in [0.25, 0.3) is 0 Å². The molecule has 0 fully saturated rings. The standard InChI is InChI=1S/C12H15BrF3NO/c1-8(2)17(7-12(14,15)16)6-9-5-10(13)3-4-11(9)18/h3-5,8,18H,6-7H2,1-2H3. The summed E-state index contributed by atoms with van der Waals surface area (Å²) in [4.78, 5) is 1.27. The Morgan fingerprint density at radius 2 is 1.94 bits per heavy atom. The number of halogens is 4. The third-order valence-electron chi connectivity index (χ3n) is 2.53. The molecule has 6 heteroatoms. The highest BCUT2D eigenvalue weighted by Gasteiger charge is 2.32. The van der Waals surface area contributed by atoms with Crippen molar-refractivity contribution in [1.82, 2.24) is 4.90 Å².